The molecular weight excluding hydrogens is 290 g/mol. The molecule has 0 saturated carbocycles. The van der Waals surface area contributed by atoms with Crippen molar-refractivity contribution in [1.82, 2.24) is 19.9 Å². The molecule has 1 saturated heterocycles. The molecule has 1 aromatic carbocycles. The normalized spacial score (nSPS) is 18.8. The van der Waals surface area contributed by atoms with Gasteiger partial charge in [0.15, 0.2) is 5.82 Å². The molecule has 1 unspecified atom stereocenters. The molecule has 2 N–H and O–H groups in total. The number of likely N-dealkylation sites (tertiary alicyclic amines) is 1. The summed E-state index contributed by atoms with van der Waals surface area (Å²) in [6.45, 7) is 5.43. The molecule has 0 spiro atoms. The van der Waals surface area contributed by atoms with Gasteiger partial charge in [-0.15, -0.1) is 0 Å². The lowest BCUT2D eigenvalue weighted by Gasteiger charge is -2.20. The van der Waals surface area contributed by atoms with Crippen molar-refractivity contribution >= 4 is 0 Å². The molecule has 0 aliphatic carbocycles. The molecule has 1 atom stereocenters. The molecule has 2 heterocycles. The average Bonchev–Trinajstić information content (AvgIpc) is 3.18. The number of nitrogens with zero attached hydrogens (tertiary/aromatic N) is 4. The first-order valence-electron chi connectivity index (χ1n) is 8.19. The molecule has 1 fully saturated rings. The average molecular weight is 315 g/mol. The first kappa shape index (κ1) is 16.1. The lowest BCUT2D eigenvalue weighted by atomic mass is 10.1. The fourth-order valence-electron chi connectivity index (χ4n) is 3.23. The van der Waals surface area contributed by atoms with Crippen molar-refractivity contribution < 1.29 is 4.52 Å². The van der Waals surface area contributed by atoms with Gasteiger partial charge in [-0.2, -0.15) is 4.98 Å². The fraction of sp³-hybridized carbons (Fsp3) is 0.529. The summed E-state index contributed by atoms with van der Waals surface area (Å²) in [5, 5.41) is 3.95. The third-order valence-electron chi connectivity index (χ3n) is 4.28. The first-order valence-corrected chi connectivity index (χ1v) is 8.19. The summed E-state index contributed by atoms with van der Waals surface area (Å²) in [5.74, 6) is 1.92. The minimum Gasteiger partial charge on any atom is -0.338 e. The summed E-state index contributed by atoms with van der Waals surface area (Å²) in [6, 6.07) is 10.7. The molecule has 3 rings (SSSR count). The molecule has 124 valence electrons. The molecule has 23 heavy (non-hydrogen) atoms. The zero-order valence-corrected chi connectivity index (χ0v) is 13.7. The third-order valence-corrected chi connectivity index (χ3v) is 4.28. The van der Waals surface area contributed by atoms with Gasteiger partial charge < -0.3 is 10.3 Å². The Morgan fingerprint density at radius 2 is 2.17 bits per heavy atom. The van der Waals surface area contributed by atoms with E-state index in [1.54, 1.807) is 0 Å². The van der Waals surface area contributed by atoms with E-state index in [0.717, 1.165) is 19.6 Å². The molecule has 1 aromatic heterocycles. The van der Waals surface area contributed by atoms with E-state index >= 15 is 0 Å². The van der Waals surface area contributed by atoms with Crippen LogP contribution in [0.15, 0.2) is 34.9 Å². The maximum Gasteiger partial charge on any atom is 0.240 e. The molecule has 2 aromatic rings. The van der Waals surface area contributed by atoms with Crippen molar-refractivity contribution in [2.24, 2.45) is 11.7 Å². The van der Waals surface area contributed by atoms with Gasteiger partial charge in [-0.05, 0) is 31.5 Å². The highest BCUT2D eigenvalue weighted by molar-refractivity contribution is 5.14. The van der Waals surface area contributed by atoms with Gasteiger partial charge in [0.05, 0.1) is 13.1 Å². The van der Waals surface area contributed by atoms with Crippen molar-refractivity contribution in [2.45, 2.75) is 26.1 Å². The van der Waals surface area contributed by atoms with Crippen LogP contribution < -0.4 is 5.73 Å². The van der Waals surface area contributed by atoms with Gasteiger partial charge in [-0.1, -0.05) is 35.5 Å². The van der Waals surface area contributed by atoms with E-state index in [4.69, 9.17) is 10.3 Å². The summed E-state index contributed by atoms with van der Waals surface area (Å²) in [5.41, 5.74) is 6.88. The van der Waals surface area contributed by atoms with Crippen molar-refractivity contribution in [3.05, 3.63) is 47.6 Å². The Balaban J connectivity index is 1.44. The van der Waals surface area contributed by atoms with E-state index < -0.39 is 0 Å². The van der Waals surface area contributed by atoms with Crippen LogP contribution in [0.25, 0.3) is 0 Å². The second-order valence-corrected chi connectivity index (χ2v) is 6.38. The van der Waals surface area contributed by atoms with Gasteiger partial charge >= 0.3 is 0 Å². The van der Waals surface area contributed by atoms with Crippen LogP contribution in [0.2, 0.25) is 0 Å². The standard InChI is InChI=1S/C17H25N5O/c1-21(13-16-19-17(9-18)23-20-16)10-15-7-8-22(12-15)11-14-5-3-2-4-6-14/h2-6,15H,7-13,18H2,1H3. The lowest BCUT2D eigenvalue weighted by Crippen LogP contribution is -2.28. The molecule has 1 aliphatic rings. The first-order chi connectivity index (χ1) is 11.2. The second-order valence-electron chi connectivity index (χ2n) is 6.38. The predicted octanol–water partition coefficient (Wildman–Crippen LogP) is 1.48. The Hall–Kier alpha value is -1.76. The molecule has 6 heteroatoms. The van der Waals surface area contributed by atoms with Crippen LogP contribution in [-0.2, 0) is 19.6 Å². The number of nitrogens with two attached hydrogens (primary N) is 1. The smallest absolute Gasteiger partial charge is 0.240 e. The molecule has 0 radical (unpaired) electrons. The minimum absolute atomic E-state index is 0.299. The van der Waals surface area contributed by atoms with Crippen LogP contribution in [0.4, 0.5) is 0 Å². The minimum atomic E-state index is 0.299. The van der Waals surface area contributed by atoms with Gasteiger partial charge in [0.1, 0.15) is 0 Å². The van der Waals surface area contributed by atoms with Gasteiger partial charge in [0.25, 0.3) is 0 Å². The molecule has 0 amide bonds. The zero-order valence-electron chi connectivity index (χ0n) is 13.7. The van der Waals surface area contributed by atoms with E-state index in [1.807, 2.05) is 0 Å². The largest absolute Gasteiger partial charge is 0.338 e. The van der Waals surface area contributed by atoms with Crippen LogP contribution in [-0.4, -0.2) is 46.6 Å². The number of rotatable bonds is 7. The van der Waals surface area contributed by atoms with E-state index in [-0.39, 0.29) is 0 Å². The number of hydrogen-bond donors (Lipinski definition) is 1. The maximum absolute atomic E-state index is 5.49. The van der Waals surface area contributed by atoms with Crippen LogP contribution in [0.1, 0.15) is 23.7 Å². The summed E-state index contributed by atoms with van der Waals surface area (Å²) in [6.07, 6.45) is 1.25. The Morgan fingerprint density at radius 1 is 1.35 bits per heavy atom. The SMILES string of the molecule is CN(Cc1noc(CN)n1)CC1CCN(Cc2ccccc2)C1. The van der Waals surface area contributed by atoms with Gasteiger partial charge in [-0.3, -0.25) is 9.80 Å². The molecule has 0 bridgehead atoms. The lowest BCUT2D eigenvalue weighted by molar-refractivity contribution is 0.247. The number of hydrogen-bond acceptors (Lipinski definition) is 6. The topological polar surface area (TPSA) is 71.4 Å². The van der Waals surface area contributed by atoms with E-state index in [9.17, 15) is 0 Å². The summed E-state index contributed by atoms with van der Waals surface area (Å²) in [4.78, 5) is 9.06. The van der Waals surface area contributed by atoms with Crippen LogP contribution in [0.3, 0.4) is 0 Å². The number of benzene rings is 1. The van der Waals surface area contributed by atoms with Crippen molar-refractivity contribution in [3.63, 3.8) is 0 Å². The quantitative estimate of drug-likeness (QED) is 0.834. The van der Waals surface area contributed by atoms with Crippen molar-refractivity contribution in [2.75, 3.05) is 26.7 Å². The monoisotopic (exact) mass is 315 g/mol. The van der Waals surface area contributed by atoms with E-state index in [1.165, 1.54) is 18.5 Å². The predicted molar refractivity (Wildman–Crippen MR) is 88.3 cm³/mol. The van der Waals surface area contributed by atoms with Gasteiger partial charge in [-0.25, -0.2) is 0 Å². The molecule has 1 aliphatic heterocycles. The number of aromatic nitrogens is 2. The summed E-state index contributed by atoms with van der Waals surface area (Å²) < 4.78 is 5.05. The Morgan fingerprint density at radius 3 is 2.91 bits per heavy atom. The summed E-state index contributed by atoms with van der Waals surface area (Å²) >= 11 is 0. The summed E-state index contributed by atoms with van der Waals surface area (Å²) in [7, 11) is 2.11. The van der Waals surface area contributed by atoms with E-state index in [2.05, 4.69) is 57.3 Å². The van der Waals surface area contributed by atoms with Gasteiger partial charge in [0, 0.05) is 19.6 Å². The van der Waals surface area contributed by atoms with Crippen LogP contribution >= 0.6 is 0 Å². The van der Waals surface area contributed by atoms with Crippen LogP contribution in [0, 0.1) is 5.92 Å². The third kappa shape index (κ3) is 4.60. The van der Waals surface area contributed by atoms with E-state index in [0.29, 0.717) is 30.7 Å². The Bertz CT molecular complexity index is 600. The Labute approximate surface area is 137 Å². The van der Waals surface area contributed by atoms with Crippen LogP contribution in [0.5, 0.6) is 0 Å². The highest BCUT2D eigenvalue weighted by Crippen LogP contribution is 2.19. The maximum atomic E-state index is 5.49. The highest BCUT2D eigenvalue weighted by atomic mass is 16.5. The fourth-order valence-corrected chi connectivity index (χ4v) is 3.23. The van der Waals surface area contributed by atoms with Crippen molar-refractivity contribution in [3.8, 4) is 0 Å². The highest BCUT2D eigenvalue weighted by Gasteiger charge is 2.23. The zero-order chi connectivity index (χ0) is 16.1. The Kier molecular flexibility index (Phi) is 5.38. The molecular formula is C17H25N5O. The van der Waals surface area contributed by atoms with Gasteiger partial charge in [0.2, 0.25) is 5.89 Å². The second kappa shape index (κ2) is 7.68. The molecule has 6 nitrogen and oxygen atoms in total. The van der Waals surface area contributed by atoms with Crippen molar-refractivity contribution in [1.29, 1.82) is 0 Å².